The molecular formula is C25H17ClF2N2O6S. The van der Waals surface area contributed by atoms with E-state index in [1.165, 1.54) is 42.5 Å². The fourth-order valence-corrected chi connectivity index (χ4v) is 4.36. The van der Waals surface area contributed by atoms with E-state index in [0.717, 1.165) is 17.0 Å². The second-order valence-electron chi connectivity index (χ2n) is 7.56. The molecule has 4 rings (SSSR count). The van der Waals surface area contributed by atoms with Crippen molar-refractivity contribution in [3.05, 3.63) is 81.4 Å². The smallest absolute Gasteiger partial charge is 0.339 e. The topological polar surface area (TPSA) is 106 Å². The number of furan rings is 1. The summed E-state index contributed by atoms with van der Waals surface area (Å²) in [6, 6.07) is 10.1. The standard InChI is InChI=1S/C25H17ClF2N2O6S/c1-2-35-24(33)17-10-14(4-7-18(17)26)29-22(31)12-30-23(32)21(37-25(30)34)11-15-5-8-20(36-15)16-6-3-13(27)9-19(16)28/h3-11H,2,12H2,1H3,(H,29,31)/b21-11+. The van der Waals surface area contributed by atoms with Gasteiger partial charge in [-0.2, -0.15) is 0 Å². The number of hydrogen-bond acceptors (Lipinski definition) is 7. The summed E-state index contributed by atoms with van der Waals surface area (Å²) in [5.74, 6) is -3.37. The number of amides is 3. The van der Waals surface area contributed by atoms with Crippen LogP contribution in [-0.4, -0.2) is 41.1 Å². The highest BCUT2D eigenvalue weighted by Crippen LogP contribution is 2.34. The number of hydrogen-bond donors (Lipinski definition) is 1. The SMILES string of the molecule is CCOC(=O)c1cc(NC(=O)CN2C(=O)S/C(=C/c3ccc(-c4ccc(F)cc4F)o3)C2=O)ccc1Cl. The van der Waals surface area contributed by atoms with Gasteiger partial charge in [0.1, 0.15) is 29.7 Å². The Morgan fingerprint density at radius 1 is 1.14 bits per heavy atom. The molecule has 2 heterocycles. The summed E-state index contributed by atoms with van der Waals surface area (Å²) in [6.07, 6.45) is 1.29. The summed E-state index contributed by atoms with van der Waals surface area (Å²) in [4.78, 5) is 50.4. The third-order valence-corrected chi connectivity index (χ3v) is 6.25. The van der Waals surface area contributed by atoms with Crippen LogP contribution in [0.1, 0.15) is 23.0 Å². The number of ether oxygens (including phenoxy) is 1. The Kier molecular flexibility index (Phi) is 7.74. The van der Waals surface area contributed by atoms with Crippen molar-refractivity contribution in [1.29, 1.82) is 0 Å². The van der Waals surface area contributed by atoms with Crippen LogP contribution >= 0.6 is 23.4 Å². The predicted octanol–water partition coefficient (Wildman–Crippen LogP) is 5.73. The second-order valence-corrected chi connectivity index (χ2v) is 8.96. The average Bonchev–Trinajstić information content (AvgIpc) is 3.40. The number of nitrogens with one attached hydrogen (secondary N) is 1. The Morgan fingerprint density at radius 2 is 1.92 bits per heavy atom. The van der Waals surface area contributed by atoms with Crippen LogP contribution in [0.2, 0.25) is 5.02 Å². The van der Waals surface area contributed by atoms with E-state index in [0.29, 0.717) is 11.8 Å². The van der Waals surface area contributed by atoms with Gasteiger partial charge < -0.3 is 14.5 Å². The molecule has 0 bridgehead atoms. The summed E-state index contributed by atoms with van der Waals surface area (Å²) in [6.45, 7) is 1.20. The van der Waals surface area contributed by atoms with E-state index < -0.39 is 41.2 Å². The van der Waals surface area contributed by atoms with Gasteiger partial charge in [-0.05, 0) is 61.2 Å². The largest absolute Gasteiger partial charge is 0.462 e. The summed E-state index contributed by atoms with van der Waals surface area (Å²) >= 11 is 6.62. The Balaban J connectivity index is 1.44. The summed E-state index contributed by atoms with van der Waals surface area (Å²) in [5.41, 5.74) is 0.295. The zero-order valence-corrected chi connectivity index (χ0v) is 20.6. The molecule has 1 aliphatic heterocycles. The summed E-state index contributed by atoms with van der Waals surface area (Å²) < 4.78 is 37.6. The second kappa shape index (κ2) is 11.0. The summed E-state index contributed by atoms with van der Waals surface area (Å²) in [5, 5.41) is 1.97. The Morgan fingerprint density at radius 3 is 2.65 bits per heavy atom. The van der Waals surface area contributed by atoms with Gasteiger partial charge in [0.05, 0.1) is 27.7 Å². The van der Waals surface area contributed by atoms with Gasteiger partial charge in [-0.1, -0.05) is 11.6 Å². The van der Waals surface area contributed by atoms with E-state index in [4.69, 9.17) is 20.8 Å². The number of halogens is 3. The van der Waals surface area contributed by atoms with Crippen molar-refractivity contribution in [3.63, 3.8) is 0 Å². The van der Waals surface area contributed by atoms with Gasteiger partial charge in [-0.3, -0.25) is 19.3 Å². The van der Waals surface area contributed by atoms with Gasteiger partial charge in [-0.25, -0.2) is 13.6 Å². The minimum absolute atomic E-state index is 0.00521. The first-order valence-electron chi connectivity index (χ1n) is 10.7. The van der Waals surface area contributed by atoms with Crippen molar-refractivity contribution >= 4 is 58.1 Å². The van der Waals surface area contributed by atoms with Crippen molar-refractivity contribution in [1.82, 2.24) is 4.90 Å². The number of anilines is 1. The molecule has 37 heavy (non-hydrogen) atoms. The van der Waals surface area contributed by atoms with E-state index in [1.54, 1.807) is 6.92 Å². The molecule has 0 atom stereocenters. The van der Waals surface area contributed by atoms with Gasteiger partial charge >= 0.3 is 5.97 Å². The zero-order chi connectivity index (χ0) is 26.7. The molecule has 0 spiro atoms. The van der Waals surface area contributed by atoms with Crippen LogP contribution in [0.25, 0.3) is 17.4 Å². The van der Waals surface area contributed by atoms with Gasteiger partial charge in [0.15, 0.2) is 0 Å². The lowest BCUT2D eigenvalue weighted by Crippen LogP contribution is -2.36. The van der Waals surface area contributed by atoms with Gasteiger partial charge in [0, 0.05) is 17.8 Å². The molecule has 2 aromatic carbocycles. The molecule has 0 saturated carbocycles. The molecule has 3 amide bonds. The van der Waals surface area contributed by atoms with E-state index in [-0.39, 0.29) is 44.9 Å². The third-order valence-electron chi connectivity index (χ3n) is 5.02. The zero-order valence-electron chi connectivity index (χ0n) is 19.0. The van der Waals surface area contributed by atoms with Crippen LogP contribution in [0.5, 0.6) is 0 Å². The van der Waals surface area contributed by atoms with Crippen LogP contribution in [0.4, 0.5) is 19.3 Å². The molecule has 1 N–H and O–H groups in total. The van der Waals surface area contributed by atoms with Crippen LogP contribution in [-0.2, 0) is 14.3 Å². The lowest BCUT2D eigenvalue weighted by molar-refractivity contribution is -0.127. The number of imide groups is 1. The number of nitrogens with zero attached hydrogens (tertiary/aromatic N) is 1. The highest BCUT2D eigenvalue weighted by atomic mass is 35.5. The molecular weight excluding hydrogens is 530 g/mol. The molecule has 0 radical (unpaired) electrons. The normalized spacial score (nSPS) is 14.4. The maximum Gasteiger partial charge on any atom is 0.339 e. The Hall–Kier alpha value is -3.96. The lowest BCUT2D eigenvalue weighted by Gasteiger charge is -2.13. The third kappa shape index (κ3) is 5.89. The number of rotatable bonds is 7. The van der Waals surface area contributed by atoms with E-state index in [9.17, 15) is 28.0 Å². The molecule has 0 aliphatic carbocycles. The molecule has 1 saturated heterocycles. The van der Waals surface area contributed by atoms with Crippen LogP contribution < -0.4 is 5.32 Å². The number of benzene rings is 2. The lowest BCUT2D eigenvalue weighted by atomic mass is 10.1. The van der Waals surface area contributed by atoms with Crippen molar-refractivity contribution in [3.8, 4) is 11.3 Å². The average molecular weight is 547 g/mol. The molecule has 1 aliphatic rings. The van der Waals surface area contributed by atoms with Crippen LogP contribution in [0.3, 0.4) is 0 Å². The minimum atomic E-state index is -0.817. The van der Waals surface area contributed by atoms with Crippen molar-refractivity contribution in [2.24, 2.45) is 0 Å². The minimum Gasteiger partial charge on any atom is -0.462 e. The predicted molar refractivity (Wildman–Crippen MR) is 133 cm³/mol. The Labute approximate surface area is 218 Å². The highest BCUT2D eigenvalue weighted by Gasteiger charge is 2.36. The van der Waals surface area contributed by atoms with E-state index in [1.807, 2.05) is 0 Å². The highest BCUT2D eigenvalue weighted by molar-refractivity contribution is 8.18. The summed E-state index contributed by atoms with van der Waals surface area (Å²) in [7, 11) is 0. The van der Waals surface area contributed by atoms with Crippen LogP contribution in [0.15, 0.2) is 57.9 Å². The molecule has 190 valence electrons. The molecule has 8 nitrogen and oxygen atoms in total. The quantitative estimate of drug-likeness (QED) is 0.298. The number of carbonyl (C=O) groups excluding carboxylic acids is 4. The number of thioether (sulfide) groups is 1. The first-order chi connectivity index (χ1) is 17.7. The molecule has 0 unspecified atom stereocenters. The first kappa shape index (κ1) is 26.1. The maximum atomic E-state index is 14.0. The van der Waals surface area contributed by atoms with E-state index >= 15 is 0 Å². The monoisotopic (exact) mass is 546 g/mol. The van der Waals surface area contributed by atoms with Gasteiger partial charge in [-0.15, -0.1) is 0 Å². The van der Waals surface area contributed by atoms with Crippen molar-refractivity contribution in [2.45, 2.75) is 6.92 Å². The number of carbonyl (C=O) groups is 4. The molecule has 12 heteroatoms. The number of esters is 1. The maximum absolute atomic E-state index is 14.0. The van der Waals surface area contributed by atoms with Gasteiger partial charge in [0.2, 0.25) is 5.91 Å². The molecule has 1 aromatic heterocycles. The fraction of sp³-hybridized carbons (Fsp3) is 0.120. The van der Waals surface area contributed by atoms with Crippen LogP contribution in [0, 0.1) is 11.6 Å². The van der Waals surface area contributed by atoms with E-state index in [2.05, 4.69) is 5.32 Å². The van der Waals surface area contributed by atoms with Crippen molar-refractivity contribution < 1.29 is 37.1 Å². The first-order valence-corrected chi connectivity index (χ1v) is 11.9. The van der Waals surface area contributed by atoms with Crippen molar-refractivity contribution in [2.75, 3.05) is 18.5 Å². The molecule has 3 aromatic rings. The molecule has 1 fully saturated rings. The Bertz CT molecular complexity index is 1450. The fourth-order valence-electron chi connectivity index (χ4n) is 3.34. The van der Waals surface area contributed by atoms with Gasteiger partial charge in [0.25, 0.3) is 11.1 Å².